The van der Waals surface area contributed by atoms with E-state index in [0.717, 1.165) is 38.3 Å². The van der Waals surface area contributed by atoms with Crippen LogP contribution in [0, 0.1) is 11.8 Å². The van der Waals surface area contributed by atoms with Gasteiger partial charge in [-0.15, -0.1) is 0 Å². The monoisotopic (exact) mass is 290 g/mol. The van der Waals surface area contributed by atoms with Crippen molar-refractivity contribution in [1.82, 2.24) is 19.7 Å². The van der Waals surface area contributed by atoms with E-state index in [9.17, 15) is 4.79 Å². The zero-order valence-corrected chi connectivity index (χ0v) is 12.9. The molecule has 116 valence electrons. The summed E-state index contributed by atoms with van der Waals surface area (Å²) in [4.78, 5) is 18.6. The van der Waals surface area contributed by atoms with Gasteiger partial charge in [0.25, 0.3) is 0 Å². The highest BCUT2D eigenvalue weighted by atomic mass is 16.2. The minimum atomic E-state index is 0.301. The number of carbonyl (C=O) groups excluding carboxylic acids is 1. The molecule has 1 aliphatic heterocycles. The predicted molar refractivity (Wildman–Crippen MR) is 80.6 cm³/mol. The van der Waals surface area contributed by atoms with Gasteiger partial charge in [-0.2, -0.15) is 5.10 Å². The van der Waals surface area contributed by atoms with Gasteiger partial charge in [-0.3, -0.25) is 4.79 Å². The molecule has 2 fully saturated rings. The summed E-state index contributed by atoms with van der Waals surface area (Å²) in [6, 6.07) is 0.301. The van der Waals surface area contributed by atoms with Crippen molar-refractivity contribution in [2.75, 3.05) is 13.1 Å². The summed E-state index contributed by atoms with van der Waals surface area (Å²) < 4.78 is 1.90. The first kappa shape index (κ1) is 14.5. The summed E-state index contributed by atoms with van der Waals surface area (Å²) in [5.74, 6) is 1.74. The van der Waals surface area contributed by atoms with Gasteiger partial charge in [0, 0.05) is 19.5 Å². The van der Waals surface area contributed by atoms with Crippen LogP contribution in [0.4, 0.5) is 0 Å². The third-order valence-corrected chi connectivity index (χ3v) is 5.07. The Morgan fingerprint density at radius 3 is 2.95 bits per heavy atom. The Kier molecular flexibility index (Phi) is 4.56. The fraction of sp³-hybridized carbons (Fsp3) is 0.812. The van der Waals surface area contributed by atoms with Crippen molar-refractivity contribution in [2.24, 2.45) is 11.8 Å². The number of hydrogen-bond acceptors (Lipinski definition) is 3. The van der Waals surface area contributed by atoms with Crippen LogP contribution in [-0.2, 0) is 4.79 Å². The van der Waals surface area contributed by atoms with Gasteiger partial charge in [-0.25, -0.2) is 9.67 Å². The number of aromatic nitrogens is 3. The smallest absolute Gasteiger partial charge is 0.222 e. The number of likely N-dealkylation sites (tertiary alicyclic amines) is 1. The average Bonchev–Trinajstić information content (AvgIpc) is 3.02. The Morgan fingerprint density at radius 1 is 1.29 bits per heavy atom. The van der Waals surface area contributed by atoms with E-state index in [-0.39, 0.29) is 0 Å². The van der Waals surface area contributed by atoms with Crippen LogP contribution in [0.15, 0.2) is 12.7 Å². The summed E-state index contributed by atoms with van der Waals surface area (Å²) in [7, 11) is 0. The Balaban J connectivity index is 1.54. The van der Waals surface area contributed by atoms with Crippen LogP contribution < -0.4 is 0 Å². The molecule has 5 heteroatoms. The lowest BCUT2D eigenvalue weighted by Crippen LogP contribution is -2.41. The van der Waals surface area contributed by atoms with Crippen LogP contribution in [0.5, 0.6) is 0 Å². The van der Waals surface area contributed by atoms with E-state index < -0.39 is 0 Å². The minimum absolute atomic E-state index is 0.301. The molecule has 1 saturated carbocycles. The van der Waals surface area contributed by atoms with Crippen LogP contribution in [0.2, 0.25) is 0 Å². The fourth-order valence-corrected chi connectivity index (χ4v) is 3.92. The lowest BCUT2D eigenvalue weighted by atomic mass is 9.80. The highest BCUT2D eigenvalue weighted by Gasteiger charge is 2.28. The average molecular weight is 290 g/mol. The van der Waals surface area contributed by atoms with E-state index in [0.29, 0.717) is 17.9 Å². The molecule has 0 aromatic carbocycles. The first-order valence-corrected chi connectivity index (χ1v) is 8.34. The molecular weight excluding hydrogens is 264 g/mol. The van der Waals surface area contributed by atoms with E-state index in [1.165, 1.54) is 25.7 Å². The molecular formula is C16H26N4O. The van der Waals surface area contributed by atoms with Crippen molar-refractivity contribution in [3.8, 4) is 0 Å². The quantitative estimate of drug-likeness (QED) is 0.860. The molecule has 1 aromatic heterocycles. The maximum absolute atomic E-state index is 12.6. The van der Waals surface area contributed by atoms with Gasteiger partial charge in [-0.1, -0.05) is 19.8 Å². The van der Waals surface area contributed by atoms with Crippen molar-refractivity contribution in [3.05, 3.63) is 12.7 Å². The summed E-state index contributed by atoms with van der Waals surface area (Å²) in [5.41, 5.74) is 0. The minimum Gasteiger partial charge on any atom is -0.341 e. The maximum atomic E-state index is 12.6. The third-order valence-electron chi connectivity index (χ3n) is 5.07. The molecule has 0 N–H and O–H groups in total. The molecule has 1 aromatic rings. The van der Waals surface area contributed by atoms with Gasteiger partial charge >= 0.3 is 0 Å². The summed E-state index contributed by atoms with van der Waals surface area (Å²) >= 11 is 0. The Hall–Kier alpha value is -1.39. The van der Waals surface area contributed by atoms with Gasteiger partial charge < -0.3 is 4.90 Å². The van der Waals surface area contributed by atoms with Crippen molar-refractivity contribution in [3.63, 3.8) is 0 Å². The molecule has 0 spiro atoms. The largest absolute Gasteiger partial charge is 0.341 e. The molecule has 1 amide bonds. The molecule has 0 radical (unpaired) electrons. The van der Waals surface area contributed by atoms with Crippen molar-refractivity contribution < 1.29 is 4.79 Å². The van der Waals surface area contributed by atoms with Crippen LogP contribution in [0.25, 0.3) is 0 Å². The molecule has 1 saturated heterocycles. The molecule has 1 aliphatic carbocycles. The SMILES string of the molecule is CC1CCCC(CC(=O)N2CCCC(n3cncn3)C2)C1. The van der Waals surface area contributed by atoms with Gasteiger partial charge in [0.2, 0.25) is 5.91 Å². The standard InChI is InChI=1S/C16H26N4O/c1-13-4-2-5-14(8-13)9-16(21)19-7-3-6-15(10-19)20-12-17-11-18-20/h11-15H,2-10H2,1H3. The van der Waals surface area contributed by atoms with E-state index in [1.54, 1.807) is 12.7 Å². The summed E-state index contributed by atoms with van der Waals surface area (Å²) in [5, 5.41) is 4.23. The number of nitrogens with zero attached hydrogens (tertiary/aromatic N) is 4. The highest BCUT2D eigenvalue weighted by molar-refractivity contribution is 5.76. The second-order valence-electron chi connectivity index (χ2n) is 6.85. The van der Waals surface area contributed by atoms with Crippen molar-refractivity contribution in [1.29, 1.82) is 0 Å². The van der Waals surface area contributed by atoms with Crippen LogP contribution >= 0.6 is 0 Å². The highest BCUT2D eigenvalue weighted by Crippen LogP contribution is 2.31. The lowest BCUT2D eigenvalue weighted by molar-refractivity contribution is -0.134. The second-order valence-corrected chi connectivity index (χ2v) is 6.85. The Labute approximate surface area is 126 Å². The Morgan fingerprint density at radius 2 is 2.19 bits per heavy atom. The molecule has 3 unspecified atom stereocenters. The summed E-state index contributed by atoms with van der Waals surface area (Å²) in [6.07, 6.45) is 11.3. The van der Waals surface area contributed by atoms with Gasteiger partial charge in [0.15, 0.2) is 0 Å². The Bertz CT molecular complexity index is 459. The first-order chi connectivity index (χ1) is 10.2. The predicted octanol–water partition coefficient (Wildman–Crippen LogP) is 2.66. The molecule has 3 rings (SSSR count). The van der Waals surface area contributed by atoms with Gasteiger partial charge in [0.1, 0.15) is 12.7 Å². The molecule has 5 nitrogen and oxygen atoms in total. The van der Waals surface area contributed by atoms with Crippen LogP contribution in [0.1, 0.15) is 57.9 Å². The first-order valence-electron chi connectivity index (χ1n) is 8.34. The van der Waals surface area contributed by atoms with Crippen LogP contribution in [-0.4, -0.2) is 38.7 Å². The molecule has 2 aliphatic rings. The van der Waals surface area contributed by atoms with E-state index in [1.807, 2.05) is 4.68 Å². The number of hydrogen-bond donors (Lipinski definition) is 0. The van der Waals surface area contributed by atoms with Gasteiger partial charge in [-0.05, 0) is 37.5 Å². The summed E-state index contributed by atoms with van der Waals surface area (Å²) in [6.45, 7) is 4.02. The second kappa shape index (κ2) is 6.58. The topological polar surface area (TPSA) is 51.0 Å². The number of rotatable bonds is 3. The number of piperidine rings is 1. The van der Waals surface area contributed by atoms with E-state index in [4.69, 9.17) is 0 Å². The lowest BCUT2D eigenvalue weighted by Gasteiger charge is -2.34. The molecule has 3 atom stereocenters. The van der Waals surface area contributed by atoms with E-state index in [2.05, 4.69) is 21.9 Å². The number of amides is 1. The van der Waals surface area contributed by atoms with Gasteiger partial charge in [0.05, 0.1) is 6.04 Å². The van der Waals surface area contributed by atoms with Crippen molar-refractivity contribution >= 4 is 5.91 Å². The zero-order chi connectivity index (χ0) is 14.7. The molecule has 2 heterocycles. The number of carbonyl (C=O) groups is 1. The van der Waals surface area contributed by atoms with Crippen LogP contribution in [0.3, 0.4) is 0 Å². The fourth-order valence-electron chi connectivity index (χ4n) is 3.92. The zero-order valence-electron chi connectivity index (χ0n) is 12.9. The third kappa shape index (κ3) is 3.63. The molecule has 0 bridgehead atoms. The van der Waals surface area contributed by atoms with Crippen molar-refractivity contribution in [2.45, 2.75) is 57.9 Å². The maximum Gasteiger partial charge on any atom is 0.222 e. The van der Waals surface area contributed by atoms with E-state index >= 15 is 0 Å². The normalized spacial score (nSPS) is 30.3. The molecule has 21 heavy (non-hydrogen) atoms.